The summed E-state index contributed by atoms with van der Waals surface area (Å²) >= 11 is 0. The number of para-hydroxylation sites is 1. The number of carbonyl (C=O) groups is 1. The summed E-state index contributed by atoms with van der Waals surface area (Å²) in [6.45, 7) is 1.61. The van der Waals surface area contributed by atoms with Gasteiger partial charge in [-0.05, 0) is 35.7 Å². The van der Waals surface area contributed by atoms with Crippen LogP contribution in [0.15, 0.2) is 54.7 Å². The summed E-state index contributed by atoms with van der Waals surface area (Å²) < 4.78 is 10.5. The summed E-state index contributed by atoms with van der Waals surface area (Å²) in [5, 5.41) is 4.16. The highest BCUT2D eigenvalue weighted by Gasteiger charge is 2.07. The monoisotopic (exact) mass is 352 g/mol. The summed E-state index contributed by atoms with van der Waals surface area (Å²) in [6, 6.07) is 15.9. The standard InChI is InChI=1S/C21H24N2O3/c1-25-12-13-26-18-9-6-16(7-10-18)14-23-21(24)11-8-17-15-22-20-5-3-2-4-19(17)20/h2-7,9-10,15,22H,8,11-14H2,1H3,(H,23,24). The molecule has 0 fully saturated rings. The first-order valence-corrected chi connectivity index (χ1v) is 8.78. The maximum Gasteiger partial charge on any atom is 0.220 e. The fraction of sp³-hybridized carbons (Fsp3) is 0.286. The van der Waals surface area contributed by atoms with Gasteiger partial charge in [0, 0.05) is 37.2 Å². The summed E-state index contributed by atoms with van der Waals surface area (Å²) in [6.07, 6.45) is 3.18. The number of hydrogen-bond donors (Lipinski definition) is 2. The number of benzene rings is 2. The van der Waals surface area contributed by atoms with Gasteiger partial charge >= 0.3 is 0 Å². The fourth-order valence-corrected chi connectivity index (χ4v) is 2.82. The fourth-order valence-electron chi connectivity index (χ4n) is 2.82. The van der Waals surface area contributed by atoms with Crippen LogP contribution in [0, 0.1) is 0 Å². The molecule has 5 heteroatoms. The lowest BCUT2D eigenvalue weighted by atomic mass is 10.1. The van der Waals surface area contributed by atoms with Crippen molar-refractivity contribution >= 4 is 16.8 Å². The van der Waals surface area contributed by atoms with Gasteiger partial charge in [-0.2, -0.15) is 0 Å². The molecule has 26 heavy (non-hydrogen) atoms. The van der Waals surface area contributed by atoms with Gasteiger partial charge in [0.2, 0.25) is 5.91 Å². The number of nitrogens with one attached hydrogen (secondary N) is 2. The van der Waals surface area contributed by atoms with Crippen molar-refractivity contribution in [1.29, 1.82) is 0 Å². The Bertz CT molecular complexity index is 840. The molecule has 0 spiro atoms. The first-order chi connectivity index (χ1) is 12.8. The van der Waals surface area contributed by atoms with Crippen LogP contribution in [0.4, 0.5) is 0 Å². The van der Waals surface area contributed by atoms with E-state index in [2.05, 4.69) is 16.4 Å². The van der Waals surface area contributed by atoms with Crippen LogP contribution >= 0.6 is 0 Å². The van der Waals surface area contributed by atoms with Crippen LogP contribution in [0.2, 0.25) is 0 Å². The van der Waals surface area contributed by atoms with E-state index in [1.165, 1.54) is 10.9 Å². The van der Waals surface area contributed by atoms with E-state index in [-0.39, 0.29) is 5.91 Å². The normalized spacial score (nSPS) is 10.8. The minimum atomic E-state index is 0.0516. The third kappa shape index (κ3) is 4.86. The van der Waals surface area contributed by atoms with E-state index in [9.17, 15) is 4.79 Å². The second-order valence-corrected chi connectivity index (χ2v) is 6.12. The highest BCUT2D eigenvalue weighted by molar-refractivity contribution is 5.84. The first-order valence-electron chi connectivity index (χ1n) is 8.78. The largest absolute Gasteiger partial charge is 0.491 e. The van der Waals surface area contributed by atoms with E-state index >= 15 is 0 Å². The SMILES string of the molecule is COCCOc1ccc(CNC(=O)CCc2c[nH]c3ccccc23)cc1. The molecule has 0 aliphatic rings. The lowest BCUT2D eigenvalue weighted by Gasteiger charge is -2.08. The van der Waals surface area contributed by atoms with Gasteiger partial charge in [0.05, 0.1) is 6.61 Å². The predicted octanol–water partition coefficient (Wildman–Crippen LogP) is 3.44. The molecule has 0 saturated carbocycles. The van der Waals surface area contributed by atoms with E-state index in [4.69, 9.17) is 9.47 Å². The molecule has 0 unspecified atom stereocenters. The molecular formula is C21H24N2O3. The van der Waals surface area contributed by atoms with Crippen LogP contribution in [-0.4, -0.2) is 31.2 Å². The quantitative estimate of drug-likeness (QED) is 0.580. The van der Waals surface area contributed by atoms with Gasteiger partial charge in [-0.3, -0.25) is 4.79 Å². The minimum absolute atomic E-state index is 0.0516. The van der Waals surface area contributed by atoms with Crippen molar-refractivity contribution in [3.05, 3.63) is 65.9 Å². The van der Waals surface area contributed by atoms with Gasteiger partial charge in [-0.25, -0.2) is 0 Å². The molecule has 2 aromatic carbocycles. The van der Waals surface area contributed by atoms with Crippen LogP contribution in [0.3, 0.4) is 0 Å². The molecular weight excluding hydrogens is 328 g/mol. The van der Waals surface area contributed by atoms with Crippen molar-refractivity contribution in [3.8, 4) is 5.75 Å². The Kier molecular flexibility index (Phi) is 6.28. The van der Waals surface area contributed by atoms with E-state index < -0.39 is 0 Å². The van der Waals surface area contributed by atoms with Crippen molar-refractivity contribution in [2.45, 2.75) is 19.4 Å². The number of hydrogen-bond acceptors (Lipinski definition) is 3. The van der Waals surface area contributed by atoms with Crippen LogP contribution in [-0.2, 0) is 22.5 Å². The van der Waals surface area contributed by atoms with Gasteiger partial charge in [-0.15, -0.1) is 0 Å². The highest BCUT2D eigenvalue weighted by Crippen LogP contribution is 2.19. The van der Waals surface area contributed by atoms with Gasteiger partial charge < -0.3 is 19.8 Å². The number of amides is 1. The predicted molar refractivity (Wildman–Crippen MR) is 102 cm³/mol. The third-order valence-electron chi connectivity index (χ3n) is 4.27. The number of ether oxygens (including phenoxy) is 2. The molecule has 3 rings (SSSR count). The molecule has 2 N–H and O–H groups in total. The van der Waals surface area contributed by atoms with E-state index in [0.717, 1.165) is 23.3 Å². The van der Waals surface area contributed by atoms with E-state index in [1.807, 2.05) is 48.7 Å². The van der Waals surface area contributed by atoms with Crippen LogP contribution < -0.4 is 10.1 Å². The van der Waals surface area contributed by atoms with Crippen LogP contribution in [0.5, 0.6) is 5.75 Å². The number of aromatic amines is 1. The van der Waals surface area contributed by atoms with Gasteiger partial charge in [0.1, 0.15) is 12.4 Å². The molecule has 136 valence electrons. The third-order valence-corrected chi connectivity index (χ3v) is 4.27. The van der Waals surface area contributed by atoms with Crippen LogP contribution in [0.25, 0.3) is 10.9 Å². The lowest BCUT2D eigenvalue weighted by Crippen LogP contribution is -2.22. The highest BCUT2D eigenvalue weighted by atomic mass is 16.5. The number of fused-ring (bicyclic) bond motifs is 1. The number of methoxy groups -OCH3 is 1. The zero-order valence-corrected chi connectivity index (χ0v) is 15.0. The van der Waals surface area contributed by atoms with E-state index in [0.29, 0.717) is 26.2 Å². The molecule has 3 aromatic rings. The van der Waals surface area contributed by atoms with Gasteiger partial charge in [0.15, 0.2) is 0 Å². The molecule has 0 radical (unpaired) electrons. The maximum atomic E-state index is 12.1. The van der Waals surface area contributed by atoms with Crippen molar-refractivity contribution in [2.24, 2.45) is 0 Å². The number of aryl methyl sites for hydroxylation is 1. The minimum Gasteiger partial charge on any atom is -0.491 e. The Labute approximate surface area is 153 Å². The second-order valence-electron chi connectivity index (χ2n) is 6.12. The molecule has 0 atom stereocenters. The Balaban J connectivity index is 1.44. The zero-order chi connectivity index (χ0) is 18.2. The molecule has 1 aromatic heterocycles. The summed E-state index contributed by atoms with van der Waals surface area (Å²) in [5.74, 6) is 0.854. The Morgan fingerprint density at radius 1 is 1.08 bits per heavy atom. The van der Waals surface area contributed by atoms with E-state index in [1.54, 1.807) is 7.11 Å². The summed E-state index contributed by atoms with van der Waals surface area (Å²) in [7, 11) is 1.65. The molecule has 0 saturated heterocycles. The first kappa shape index (κ1) is 18.0. The number of rotatable bonds is 9. The smallest absolute Gasteiger partial charge is 0.220 e. The molecule has 0 aliphatic carbocycles. The summed E-state index contributed by atoms with van der Waals surface area (Å²) in [4.78, 5) is 15.4. The average Bonchev–Trinajstić information content (AvgIpc) is 3.09. The number of carbonyl (C=O) groups excluding carboxylic acids is 1. The van der Waals surface area contributed by atoms with Crippen molar-refractivity contribution in [2.75, 3.05) is 20.3 Å². The zero-order valence-electron chi connectivity index (χ0n) is 15.0. The average molecular weight is 352 g/mol. The second kappa shape index (κ2) is 9.06. The molecule has 1 heterocycles. The topological polar surface area (TPSA) is 63.4 Å². The number of aromatic nitrogens is 1. The van der Waals surface area contributed by atoms with Crippen molar-refractivity contribution in [3.63, 3.8) is 0 Å². The van der Waals surface area contributed by atoms with Gasteiger partial charge in [-0.1, -0.05) is 30.3 Å². The molecule has 1 amide bonds. The Morgan fingerprint density at radius 2 is 1.88 bits per heavy atom. The number of H-pyrrole nitrogens is 1. The van der Waals surface area contributed by atoms with Crippen LogP contribution in [0.1, 0.15) is 17.5 Å². The molecule has 0 aliphatic heterocycles. The Hall–Kier alpha value is -2.79. The van der Waals surface area contributed by atoms with Gasteiger partial charge in [0.25, 0.3) is 0 Å². The lowest BCUT2D eigenvalue weighted by molar-refractivity contribution is -0.121. The van der Waals surface area contributed by atoms with Crippen molar-refractivity contribution in [1.82, 2.24) is 10.3 Å². The Morgan fingerprint density at radius 3 is 2.69 bits per heavy atom. The maximum absolute atomic E-state index is 12.1. The summed E-state index contributed by atoms with van der Waals surface area (Å²) in [5.41, 5.74) is 3.33. The molecule has 5 nitrogen and oxygen atoms in total. The van der Waals surface area contributed by atoms with Crippen molar-refractivity contribution < 1.29 is 14.3 Å². The molecule has 0 bridgehead atoms.